The molecule has 0 amide bonds. The highest BCUT2D eigenvalue weighted by Gasteiger charge is 2.30. The van der Waals surface area contributed by atoms with Gasteiger partial charge in [0.15, 0.2) is 0 Å². The van der Waals surface area contributed by atoms with Crippen molar-refractivity contribution < 1.29 is 35.4 Å². The van der Waals surface area contributed by atoms with Gasteiger partial charge < -0.3 is 0 Å². The van der Waals surface area contributed by atoms with E-state index in [-0.39, 0.29) is 18.2 Å². The molecule has 0 saturated heterocycles. The number of carbonyl (C=O) groups is 2. The van der Waals surface area contributed by atoms with Crippen molar-refractivity contribution in [3.63, 3.8) is 0 Å². The maximum atomic E-state index is 12.3. The Morgan fingerprint density at radius 3 is 1.70 bits per heavy atom. The number of Topliss-reactive ketones (excluding diaryl/α,β-unsaturated/α-hetero) is 2. The molecule has 1 aromatic carbocycles. The third-order valence-electron chi connectivity index (χ3n) is 4.32. The predicted octanol–water partition coefficient (Wildman–Crippen LogP) is 4.99. The van der Waals surface area contributed by atoms with Crippen molar-refractivity contribution in [2.45, 2.75) is 52.6 Å². The third kappa shape index (κ3) is 11.1. The molecule has 1 rings (SSSR count). The lowest BCUT2D eigenvalue weighted by atomic mass is 9.90. The summed E-state index contributed by atoms with van der Waals surface area (Å²) in [6, 6.07) is 4.99. The van der Waals surface area contributed by atoms with Gasteiger partial charge in [0.25, 0.3) is 10.1 Å². The molecule has 0 heterocycles. The van der Waals surface area contributed by atoms with Crippen LogP contribution >= 0.6 is 11.8 Å². The fraction of sp³-hybridized carbons (Fsp3) is 0.600. The molecule has 0 aromatic heterocycles. The number of carbonyl (C=O) groups excluding carboxylic acids is 2. The van der Waals surface area contributed by atoms with Crippen LogP contribution in [0.4, 0.5) is 13.2 Å². The van der Waals surface area contributed by atoms with E-state index in [0.29, 0.717) is 5.75 Å². The van der Waals surface area contributed by atoms with Crippen LogP contribution in [-0.4, -0.2) is 38.6 Å². The highest BCUT2D eigenvalue weighted by atomic mass is 32.2. The van der Waals surface area contributed by atoms with Gasteiger partial charge in [-0.25, -0.2) is 0 Å². The third-order valence-corrected chi connectivity index (χ3v) is 6.34. The molecule has 5 nitrogen and oxygen atoms in total. The van der Waals surface area contributed by atoms with E-state index in [4.69, 9.17) is 0 Å². The van der Waals surface area contributed by atoms with Gasteiger partial charge in [-0.05, 0) is 38.1 Å². The molecule has 0 atom stereocenters. The highest BCUT2D eigenvalue weighted by molar-refractivity contribution is 7.99. The molecule has 0 N–H and O–H groups in total. The molecular weight excluding hydrogens is 441 g/mol. The number of rotatable bonds is 8. The summed E-state index contributed by atoms with van der Waals surface area (Å²) >= 11 is 1.39. The molecular formula is C20H29F3O5S2. The zero-order valence-electron chi connectivity index (χ0n) is 18.2. The summed E-state index contributed by atoms with van der Waals surface area (Å²) in [5.74, 6) is 0.529. The smallest absolute Gasteiger partial charge is 0.299 e. The molecule has 0 bridgehead atoms. The minimum absolute atomic E-state index is 0.0712. The van der Waals surface area contributed by atoms with Crippen LogP contribution in [0.15, 0.2) is 29.2 Å². The summed E-state index contributed by atoms with van der Waals surface area (Å²) in [7, 11) is -3.44. The number of halogens is 3. The molecule has 0 aliphatic rings. The Bertz CT molecular complexity index is 827. The van der Waals surface area contributed by atoms with E-state index in [1.807, 2.05) is 13.8 Å². The summed E-state index contributed by atoms with van der Waals surface area (Å²) in [6.45, 7) is 9.76. The van der Waals surface area contributed by atoms with Gasteiger partial charge in [0.1, 0.15) is 11.6 Å². The summed E-state index contributed by atoms with van der Waals surface area (Å²) < 4.78 is 62.7. The lowest BCUT2D eigenvalue weighted by molar-refractivity contribution is -0.137. The van der Waals surface area contributed by atoms with Crippen LogP contribution in [0.25, 0.3) is 0 Å². The first-order valence-electron chi connectivity index (χ1n) is 8.94. The van der Waals surface area contributed by atoms with Crippen LogP contribution < -0.4 is 0 Å². The fourth-order valence-corrected chi connectivity index (χ4v) is 3.03. The zero-order chi connectivity index (χ0) is 24.0. The van der Waals surface area contributed by atoms with Gasteiger partial charge in [0.05, 0.1) is 18.4 Å². The summed E-state index contributed by atoms with van der Waals surface area (Å²) in [5.41, 5.74) is -1.85. The Morgan fingerprint density at radius 1 is 0.933 bits per heavy atom. The SMILES string of the molecule is CC(=O)C(C)(C)COS(C)(=O)=O.CC(=O)C(C)(C)CSc1ccc(C(F)(F)F)cc1. The van der Waals surface area contributed by atoms with Gasteiger partial charge >= 0.3 is 6.18 Å². The van der Waals surface area contributed by atoms with E-state index in [1.54, 1.807) is 13.8 Å². The quantitative estimate of drug-likeness (QED) is 0.393. The minimum Gasteiger partial charge on any atom is -0.299 e. The molecule has 10 heteroatoms. The van der Waals surface area contributed by atoms with Crippen molar-refractivity contribution in [2.24, 2.45) is 10.8 Å². The number of thioether (sulfide) groups is 1. The Morgan fingerprint density at radius 2 is 1.37 bits per heavy atom. The van der Waals surface area contributed by atoms with Crippen molar-refractivity contribution in [3.8, 4) is 0 Å². The van der Waals surface area contributed by atoms with E-state index in [1.165, 1.54) is 37.7 Å². The van der Waals surface area contributed by atoms with Gasteiger partial charge in [-0.15, -0.1) is 11.8 Å². The number of ketones is 2. The largest absolute Gasteiger partial charge is 0.416 e. The molecule has 0 saturated carbocycles. The van der Waals surface area contributed by atoms with Crippen LogP contribution in [0.3, 0.4) is 0 Å². The lowest BCUT2D eigenvalue weighted by Gasteiger charge is -2.20. The minimum atomic E-state index is -4.30. The van der Waals surface area contributed by atoms with Gasteiger partial charge in [0.2, 0.25) is 0 Å². The van der Waals surface area contributed by atoms with Gasteiger partial charge in [0, 0.05) is 21.5 Å². The second-order valence-corrected chi connectivity index (χ2v) is 10.8. The average molecular weight is 471 g/mol. The van der Waals surface area contributed by atoms with Crippen LogP contribution in [-0.2, 0) is 30.1 Å². The predicted molar refractivity (Wildman–Crippen MR) is 112 cm³/mol. The highest BCUT2D eigenvalue weighted by Crippen LogP contribution is 2.32. The van der Waals surface area contributed by atoms with E-state index >= 15 is 0 Å². The van der Waals surface area contributed by atoms with E-state index in [9.17, 15) is 31.2 Å². The molecule has 0 aliphatic carbocycles. The maximum absolute atomic E-state index is 12.3. The average Bonchev–Trinajstić information content (AvgIpc) is 2.58. The normalized spacial score (nSPS) is 12.7. The first-order chi connectivity index (χ1) is 13.3. The Balaban J connectivity index is 0.000000612. The maximum Gasteiger partial charge on any atom is 0.416 e. The lowest BCUT2D eigenvalue weighted by Crippen LogP contribution is -2.28. The first kappa shape index (κ1) is 28.6. The van der Waals surface area contributed by atoms with E-state index in [2.05, 4.69) is 4.18 Å². The van der Waals surface area contributed by atoms with Gasteiger partial charge in [-0.2, -0.15) is 21.6 Å². The summed E-state index contributed by atoms with van der Waals surface area (Å²) in [6.07, 6.45) is -3.34. The molecule has 0 spiro atoms. The molecule has 0 fully saturated rings. The Labute approximate surface area is 180 Å². The zero-order valence-corrected chi connectivity index (χ0v) is 19.8. The van der Waals surface area contributed by atoms with Gasteiger partial charge in [-0.1, -0.05) is 27.7 Å². The van der Waals surface area contributed by atoms with Crippen LogP contribution in [0.1, 0.15) is 47.1 Å². The number of hydrogen-bond acceptors (Lipinski definition) is 6. The topological polar surface area (TPSA) is 77.5 Å². The molecule has 0 radical (unpaired) electrons. The molecule has 0 unspecified atom stereocenters. The van der Waals surface area contributed by atoms with Gasteiger partial charge in [-0.3, -0.25) is 13.8 Å². The fourth-order valence-electron chi connectivity index (χ4n) is 1.46. The monoisotopic (exact) mass is 470 g/mol. The molecule has 1 aromatic rings. The second kappa shape index (κ2) is 10.8. The van der Waals surface area contributed by atoms with Crippen LogP contribution in [0, 0.1) is 10.8 Å². The van der Waals surface area contributed by atoms with Crippen molar-refractivity contribution in [1.29, 1.82) is 0 Å². The summed E-state index contributed by atoms with van der Waals surface area (Å²) in [4.78, 5) is 23.0. The molecule has 172 valence electrons. The van der Waals surface area contributed by atoms with E-state index in [0.717, 1.165) is 23.3 Å². The second-order valence-electron chi connectivity index (χ2n) is 8.16. The number of alkyl halides is 3. The van der Waals surface area contributed by atoms with Crippen LogP contribution in [0.2, 0.25) is 0 Å². The molecule has 30 heavy (non-hydrogen) atoms. The number of hydrogen-bond donors (Lipinski definition) is 0. The first-order valence-corrected chi connectivity index (χ1v) is 11.7. The van der Waals surface area contributed by atoms with Crippen molar-refractivity contribution >= 4 is 33.4 Å². The Hall–Kier alpha value is -1.39. The van der Waals surface area contributed by atoms with Crippen LogP contribution in [0.5, 0.6) is 0 Å². The summed E-state index contributed by atoms with van der Waals surface area (Å²) in [5, 5.41) is 0. The van der Waals surface area contributed by atoms with E-state index < -0.39 is 32.7 Å². The van der Waals surface area contributed by atoms with Crippen molar-refractivity contribution in [3.05, 3.63) is 29.8 Å². The van der Waals surface area contributed by atoms with Crippen molar-refractivity contribution in [1.82, 2.24) is 0 Å². The molecule has 0 aliphatic heterocycles. The van der Waals surface area contributed by atoms with Crippen molar-refractivity contribution in [2.75, 3.05) is 18.6 Å². The number of benzene rings is 1. The Kier molecular flexibility index (Phi) is 10.3. The standard InChI is InChI=1S/C13H15F3OS.C7H14O4S/c1-9(17)12(2,3)8-18-11-6-4-10(5-7-11)13(14,15)16;1-6(8)7(2,3)5-11-12(4,9)10/h4-7H,8H2,1-3H3;5H2,1-4H3.